The summed E-state index contributed by atoms with van der Waals surface area (Å²) in [7, 11) is 0. The van der Waals surface area contributed by atoms with Crippen LogP contribution in [0.5, 0.6) is 0 Å². The highest BCUT2D eigenvalue weighted by Crippen LogP contribution is 2.19. The SMILES string of the molecule is Cc1ccc2nc(C)c(C(=O)OCc3ccc(C#N)cc3)cc2c1. The molecule has 24 heavy (non-hydrogen) atoms. The maximum Gasteiger partial charge on any atom is 0.340 e. The first-order valence-corrected chi connectivity index (χ1v) is 7.61. The van der Waals surface area contributed by atoms with Gasteiger partial charge in [0.1, 0.15) is 6.61 Å². The third kappa shape index (κ3) is 3.26. The highest BCUT2D eigenvalue weighted by Gasteiger charge is 2.13. The number of aromatic nitrogens is 1. The first kappa shape index (κ1) is 15.7. The molecule has 0 bridgehead atoms. The first-order valence-electron chi connectivity index (χ1n) is 7.61. The molecule has 0 saturated heterocycles. The van der Waals surface area contributed by atoms with E-state index in [1.807, 2.05) is 31.2 Å². The first-order chi connectivity index (χ1) is 11.6. The molecule has 118 valence electrons. The van der Waals surface area contributed by atoms with Gasteiger partial charge in [-0.3, -0.25) is 4.98 Å². The molecule has 1 aromatic heterocycles. The zero-order valence-electron chi connectivity index (χ0n) is 13.5. The van der Waals surface area contributed by atoms with E-state index in [1.165, 1.54) is 0 Å². The minimum atomic E-state index is -0.396. The Morgan fingerprint density at radius 3 is 2.58 bits per heavy atom. The molecule has 0 aliphatic rings. The number of rotatable bonds is 3. The Morgan fingerprint density at radius 1 is 1.12 bits per heavy atom. The van der Waals surface area contributed by atoms with E-state index in [2.05, 4.69) is 11.1 Å². The molecule has 3 rings (SSSR count). The molecule has 0 unspecified atom stereocenters. The van der Waals surface area contributed by atoms with Gasteiger partial charge in [-0.05, 0) is 49.7 Å². The number of hydrogen-bond donors (Lipinski definition) is 0. The molecule has 0 N–H and O–H groups in total. The maximum absolute atomic E-state index is 12.4. The summed E-state index contributed by atoms with van der Waals surface area (Å²) in [5.74, 6) is -0.396. The molecule has 0 aliphatic carbocycles. The number of ether oxygens (including phenoxy) is 1. The average Bonchev–Trinajstić information content (AvgIpc) is 2.60. The normalized spacial score (nSPS) is 10.4. The molecule has 3 aromatic rings. The van der Waals surface area contributed by atoms with Gasteiger partial charge in [0, 0.05) is 5.39 Å². The predicted molar refractivity (Wildman–Crippen MR) is 91.5 cm³/mol. The van der Waals surface area contributed by atoms with E-state index in [9.17, 15) is 4.79 Å². The van der Waals surface area contributed by atoms with Gasteiger partial charge >= 0.3 is 5.97 Å². The maximum atomic E-state index is 12.4. The minimum Gasteiger partial charge on any atom is -0.457 e. The van der Waals surface area contributed by atoms with Crippen molar-refractivity contribution in [2.75, 3.05) is 0 Å². The van der Waals surface area contributed by atoms with Crippen LogP contribution < -0.4 is 0 Å². The lowest BCUT2D eigenvalue weighted by Gasteiger charge is -2.09. The molecule has 0 atom stereocenters. The van der Waals surface area contributed by atoms with Crippen LogP contribution in [0.1, 0.15) is 32.7 Å². The topological polar surface area (TPSA) is 63.0 Å². The molecule has 0 amide bonds. The van der Waals surface area contributed by atoms with Crippen molar-refractivity contribution in [2.45, 2.75) is 20.5 Å². The molecule has 0 radical (unpaired) electrons. The van der Waals surface area contributed by atoms with Gasteiger partial charge in [-0.1, -0.05) is 23.8 Å². The third-order valence-corrected chi connectivity index (χ3v) is 3.83. The Morgan fingerprint density at radius 2 is 1.88 bits per heavy atom. The molecule has 2 aromatic carbocycles. The van der Waals surface area contributed by atoms with Crippen LogP contribution in [0.2, 0.25) is 0 Å². The second-order valence-electron chi connectivity index (χ2n) is 5.70. The van der Waals surface area contributed by atoms with Crippen molar-refractivity contribution in [1.29, 1.82) is 5.26 Å². The number of hydrogen-bond acceptors (Lipinski definition) is 4. The Bertz CT molecular complexity index is 954. The number of aryl methyl sites for hydroxylation is 2. The molecule has 4 nitrogen and oxygen atoms in total. The molecular formula is C20H16N2O2. The zero-order chi connectivity index (χ0) is 17.1. The second kappa shape index (κ2) is 6.51. The lowest BCUT2D eigenvalue weighted by Crippen LogP contribution is -2.08. The van der Waals surface area contributed by atoms with E-state index in [1.54, 1.807) is 31.2 Å². The molecule has 0 fully saturated rings. The van der Waals surface area contributed by atoms with Crippen molar-refractivity contribution in [2.24, 2.45) is 0 Å². The summed E-state index contributed by atoms with van der Waals surface area (Å²) in [6.07, 6.45) is 0. The van der Waals surface area contributed by atoms with Gasteiger partial charge in [0.15, 0.2) is 0 Å². The molecule has 4 heteroatoms. The Labute approximate surface area is 140 Å². The van der Waals surface area contributed by atoms with E-state index in [0.29, 0.717) is 16.8 Å². The summed E-state index contributed by atoms with van der Waals surface area (Å²) >= 11 is 0. The number of carbonyl (C=O) groups excluding carboxylic acids is 1. The van der Waals surface area contributed by atoms with Crippen molar-refractivity contribution >= 4 is 16.9 Å². The van der Waals surface area contributed by atoms with Crippen molar-refractivity contribution < 1.29 is 9.53 Å². The van der Waals surface area contributed by atoms with Gasteiger partial charge in [0.25, 0.3) is 0 Å². The fraction of sp³-hybridized carbons (Fsp3) is 0.150. The van der Waals surface area contributed by atoms with Gasteiger partial charge in [0.05, 0.1) is 28.4 Å². The molecule has 0 spiro atoms. The van der Waals surface area contributed by atoms with Crippen molar-refractivity contribution in [3.8, 4) is 6.07 Å². The minimum absolute atomic E-state index is 0.163. The van der Waals surface area contributed by atoms with Crippen LogP contribution in [0.25, 0.3) is 10.9 Å². The van der Waals surface area contributed by atoms with Crippen LogP contribution >= 0.6 is 0 Å². The predicted octanol–water partition coefficient (Wildman–Crippen LogP) is 4.08. The number of fused-ring (bicyclic) bond motifs is 1. The molecule has 1 heterocycles. The summed E-state index contributed by atoms with van der Waals surface area (Å²) in [6, 6.07) is 16.8. The second-order valence-corrected chi connectivity index (χ2v) is 5.70. The van der Waals surface area contributed by atoms with Crippen LogP contribution in [0, 0.1) is 25.2 Å². The standard InChI is InChI=1S/C20H16N2O2/c1-13-3-8-19-17(9-13)10-18(14(2)22-19)20(23)24-12-16-6-4-15(11-21)5-7-16/h3-10H,12H2,1-2H3. The van der Waals surface area contributed by atoms with Gasteiger partial charge in [-0.2, -0.15) is 5.26 Å². The van der Waals surface area contributed by atoms with Crippen molar-refractivity contribution in [3.05, 3.63) is 76.5 Å². The number of pyridine rings is 1. The monoisotopic (exact) mass is 316 g/mol. The average molecular weight is 316 g/mol. The summed E-state index contributed by atoms with van der Waals surface area (Å²) in [6.45, 7) is 3.97. The zero-order valence-corrected chi connectivity index (χ0v) is 13.5. The third-order valence-electron chi connectivity index (χ3n) is 3.83. The summed E-state index contributed by atoms with van der Waals surface area (Å²) in [4.78, 5) is 16.9. The Hall–Kier alpha value is -3.19. The summed E-state index contributed by atoms with van der Waals surface area (Å²) < 4.78 is 5.39. The molecular weight excluding hydrogens is 300 g/mol. The highest BCUT2D eigenvalue weighted by atomic mass is 16.5. The van der Waals surface area contributed by atoms with Gasteiger partial charge in [0.2, 0.25) is 0 Å². The quantitative estimate of drug-likeness (QED) is 0.683. The number of nitriles is 1. The number of benzene rings is 2. The van der Waals surface area contributed by atoms with E-state index in [-0.39, 0.29) is 6.61 Å². The van der Waals surface area contributed by atoms with Crippen molar-refractivity contribution in [3.63, 3.8) is 0 Å². The lowest BCUT2D eigenvalue weighted by atomic mass is 10.1. The number of carbonyl (C=O) groups is 1. The largest absolute Gasteiger partial charge is 0.457 e. The number of nitrogens with zero attached hydrogens (tertiary/aromatic N) is 2. The molecule has 0 aliphatic heterocycles. The van der Waals surface area contributed by atoms with E-state index in [0.717, 1.165) is 22.0 Å². The van der Waals surface area contributed by atoms with Crippen LogP contribution in [-0.4, -0.2) is 11.0 Å². The van der Waals surface area contributed by atoms with Gasteiger partial charge in [-0.15, -0.1) is 0 Å². The van der Waals surface area contributed by atoms with E-state index >= 15 is 0 Å². The van der Waals surface area contributed by atoms with Crippen LogP contribution in [-0.2, 0) is 11.3 Å². The fourth-order valence-corrected chi connectivity index (χ4v) is 2.50. The van der Waals surface area contributed by atoms with E-state index < -0.39 is 5.97 Å². The molecule has 0 saturated carbocycles. The summed E-state index contributed by atoms with van der Waals surface area (Å²) in [5, 5.41) is 9.71. The fourth-order valence-electron chi connectivity index (χ4n) is 2.50. The number of esters is 1. The van der Waals surface area contributed by atoms with Crippen LogP contribution in [0.15, 0.2) is 48.5 Å². The highest BCUT2D eigenvalue weighted by molar-refractivity contribution is 5.95. The smallest absolute Gasteiger partial charge is 0.340 e. The van der Waals surface area contributed by atoms with Gasteiger partial charge in [-0.25, -0.2) is 4.79 Å². The lowest BCUT2D eigenvalue weighted by molar-refractivity contribution is 0.0471. The van der Waals surface area contributed by atoms with Crippen LogP contribution in [0.3, 0.4) is 0 Å². The van der Waals surface area contributed by atoms with Crippen molar-refractivity contribution in [1.82, 2.24) is 4.98 Å². The Balaban J connectivity index is 1.80. The van der Waals surface area contributed by atoms with Crippen LogP contribution in [0.4, 0.5) is 0 Å². The summed E-state index contributed by atoms with van der Waals surface area (Å²) in [5.41, 5.74) is 4.52. The van der Waals surface area contributed by atoms with Gasteiger partial charge < -0.3 is 4.74 Å². The van der Waals surface area contributed by atoms with E-state index in [4.69, 9.17) is 10.00 Å². The Kier molecular flexibility index (Phi) is 4.26.